The number of hydrogen-bond donors (Lipinski definition) is 0. The number of amides is 1. The Hall–Kier alpha value is -3.13. The van der Waals surface area contributed by atoms with Crippen molar-refractivity contribution < 1.29 is 14.1 Å². The van der Waals surface area contributed by atoms with Crippen molar-refractivity contribution in [3.63, 3.8) is 0 Å². The lowest BCUT2D eigenvalue weighted by Crippen LogP contribution is -2.42. The topological polar surface area (TPSA) is 94.2 Å². The van der Waals surface area contributed by atoms with Crippen LogP contribution >= 0.6 is 0 Å². The van der Waals surface area contributed by atoms with Crippen molar-refractivity contribution >= 4 is 5.91 Å². The Bertz CT molecular complexity index is 973. The standard InChI is InChI=1S/C20H21N5O3/c1-3-17-19(13(2)24-28-17)16-6-4-5-15(23-16)18-12-25(9-10-27-18)20(26)14-7-8-21-22-11-14/h4-8,11,18H,3,9-10,12H2,1-2H3. The molecular formula is C20H21N5O3. The van der Waals surface area contributed by atoms with E-state index in [-0.39, 0.29) is 12.0 Å². The molecule has 28 heavy (non-hydrogen) atoms. The molecule has 0 N–H and O–H groups in total. The molecule has 0 spiro atoms. The van der Waals surface area contributed by atoms with Crippen LogP contribution < -0.4 is 0 Å². The van der Waals surface area contributed by atoms with Crippen molar-refractivity contribution in [1.29, 1.82) is 0 Å². The molecule has 1 amide bonds. The first-order valence-electron chi connectivity index (χ1n) is 9.27. The SMILES string of the molecule is CCc1onc(C)c1-c1cccc(C2CN(C(=O)c3ccnnc3)CCO2)n1. The number of pyridine rings is 1. The Balaban J connectivity index is 1.58. The molecule has 4 heterocycles. The summed E-state index contributed by atoms with van der Waals surface area (Å²) in [6.45, 7) is 5.35. The van der Waals surface area contributed by atoms with E-state index in [1.54, 1.807) is 11.0 Å². The average Bonchev–Trinajstić information content (AvgIpc) is 3.14. The minimum Gasteiger partial charge on any atom is -0.368 e. The van der Waals surface area contributed by atoms with Crippen molar-refractivity contribution in [2.24, 2.45) is 0 Å². The van der Waals surface area contributed by atoms with Gasteiger partial charge in [-0.25, -0.2) is 4.98 Å². The van der Waals surface area contributed by atoms with E-state index in [0.29, 0.717) is 25.3 Å². The fourth-order valence-corrected chi connectivity index (χ4v) is 3.37. The molecule has 144 valence electrons. The van der Waals surface area contributed by atoms with Gasteiger partial charge in [0.15, 0.2) is 0 Å². The molecule has 1 saturated heterocycles. The Kier molecular flexibility index (Phi) is 5.12. The van der Waals surface area contributed by atoms with E-state index in [9.17, 15) is 4.79 Å². The maximum atomic E-state index is 12.7. The lowest BCUT2D eigenvalue weighted by molar-refractivity contribution is -0.0247. The van der Waals surface area contributed by atoms with Gasteiger partial charge in [0.2, 0.25) is 0 Å². The van der Waals surface area contributed by atoms with E-state index in [4.69, 9.17) is 14.2 Å². The number of carbonyl (C=O) groups is 1. The first kappa shape index (κ1) is 18.2. The van der Waals surface area contributed by atoms with Crippen LogP contribution in [0, 0.1) is 6.92 Å². The van der Waals surface area contributed by atoms with Crippen molar-refractivity contribution in [2.75, 3.05) is 19.7 Å². The number of aryl methyl sites for hydroxylation is 2. The van der Waals surface area contributed by atoms with Gasteiger partial charge in [-0.2, -0.15) is 10.2 Å². The molecule has 0 bridgehead atoms. The Morgan fingerprint density at radius 3 is 2.96 bits per heavy atom. The van der Waals surface area contributed by atoms with Gasteiger partial charge >= 0.3 is 0 Å². The van der Waals surface area contributed by atoms with Crippen LogP contribution in [-0.4, -0.2) is 50.8 Å². The molecule has 8 heteroatoms. The molecule has 0 aliphatic carbocycles. The number of morpholine rings is 1. The third-order valence-electron chi connectivity index (χ3n) is 4.80. The zero-order chi connectivity index (χ0) is 19.5. The summed E-state index contributed by atoms with van der Waals surface area (Å²) >= 11 is 0. The predicted octanol–water partition coefficient (Wildman–Crippen LogP) is 2.61. The quantitative estimate of drug-likeness (QED) is 0.688. The van der Waals surface area contributed by atoms with Crippen molar-refractivity contribution in [1.82, 2.24) is 25.2 Å². The number of carbonyl (C=O) groups excluding carboxylic acids is 1. The van der Waals surface area contributed by atoms with E-state index < -0.39 is 0 Å². The smallest absolute Gasteiger partial charge is 0.255 e. The Labute approximate surface area is 162 Å². The van der Waals surface area contributed by atoms with Crippen LogP contribution in [0.2, 0.25) is 0 Å². The van der Waals surface area contributed by atoms with Crippen LogP contribution in [0.4, 0.5) is 0 Å². The van der Waals surface area contributed by atoms with E-state index in [1.807, 2.05) is 32.0 Å². The third kappa shape index (κ3) is 3.50. The summed E-state index contributed by atoms with van der Waals surface area (Å²) in [4.78, 5) is 19.3. The van der Waals surface area contributed by atoms with Crippen molar-refractivity contribution in [3.8, 4) is 11.3 Å². The second-order valence-corrected chi connectivity index (χ2v) is 6.61. The zero-order valence-corrected chi connectivity index (χ0v) is 15.8. The van der Waals surface area contributed by atoms with Gasteiger partial charge in [0.25, 0.3) is 5.91 Å². The maximum absolute atomic E-state index is 12.7. The highest BCUT2D eigenvalue weighted by molar-refractivity contribution is 5.93. The van der Waals surface area contributed by atoms with Crippen LogP contribution in [0.5, 0.6) is 0 Å². The number of rotatable bonds is 4. The molecule has 0 radical (unpaired) electrons. The van der Waals surface area contributed by atoms with Crippen LogP contribution in [0.1, 0.15) is 40.5 Å². The molecule has 8 nitrogen and oxygen atoms in total. The molecule has 4 rings (SSSR count). The summed E-state index contributed by atoms with van der Waals surface area (Å²) < 4.78 is 11.3. The maximum Gasteiger partial charge on any atom is 0.255 e. The van der Waals surface area contributed by atoms with E-state index in [0.717, 1.165) is 34.8 Å². The highest BCUT2D eigenvalue weighted by atomic mass is 16.5. The normalized spacial score (nSPS) is 16.9. The van der Waals surface area contributed by atoms with E-state index in [1.165, 1.54) is 12.4 Å². The van der Waals surface area contributed by atoms with Gasteiger partial charge < -0.3 is 14.2 Å². The van der Waals surface area contributed by atoms with E-state index in [2.05, 4.69) is 15.4 Å². The first-order valence-corrected chi connectivity index (χ1v) is 9.27. The molecule has 0 aromatic carbocycles. The van der Waals surface area contributed by atoms with E-state index >= 15 is 0 Å². The summed E-state index contributed by atoms with van der Waals surface area (Å²) in [6, 6.07) is 7.47. The van der Waals surface area contributed by atoms with Crippen LogP contribution in [0.15, 0.2) is 41.2 Å². The van der Waals surface area contributed by atoms with Gasteiger partial charge in [0, 0.05) is 13.0 Å². The van der Waals surface area contributed by atoms with Crippen LogP contribution in [0.3, 0.4) is 0 Å². The molecule has 3 aromatic rings. The number of ether oxygens (including phenoxy) is 1. The second-order valence-electron chi connectivity index (χ2n) is 6.61. The first-order chi connectivity index (χ1) is 13.7. The summed E-state index contributed by atoms with van der Waals surface area (Å²) in [6.07, 6.45) is 3.44. The lowest BCUT2D eigenvalue weighted by Gasteiger charge is -2.32. The summed E-state index contributed by atoms with van der Waals surface area (Å²) in [7, 11) is 0. The molecule has 1 aliphatic rings. The molecule has 3 aromatic heterocycles. The predicted molar refractivity (Wildman–Crippen MR) is 100 cm³/mol. The molecule has 0 saturated carbocycles. The summed E-state index contributed by atoms with van der Waals surface area (Å²) in [5.74, 6) is 0.733. The van der Waals surface area contributed by atoms with Crippen molar-refractivity contribution in [3.05, 3.63) is 59.4 Å². The monoisotopic (exact) mass is 379 g/mol. The minimum absolute atomic E-state index is 0.0810. The number of hydrogen-bond acceptors (Lipinski definition) is 7. The number of aromatic nitrogens is 4. The number of nitrogens with zero attached hydrogens (tertiary/aromatic N) is 5. The molecule has 1 unspecified atom stereocenters. The zero-order valence-electron chi connectivity index (χ0n) is 15.8. The second kappa shape index (κ2) is 7.85. The summed E-state index contributed by atoms with van der Waals surface area (Å²) in [5.41, 5.74) is 3.85. The fraction of sp³-hybridized carbons (Fsp3) is 0.350. The highest BCUT2D eigenvalue weighted by Gasteiger charge is 2.27. The average molecular weight is 379 g/mol. The Morgan fingerprint density at radius 1 is 1.29 bits per heavy atom. The third-order valence-corrected chi connectivity index (χ3v) is 4.80. The Morgan fingerprint density at radius 2 is 2.18 bits per heavy atom. The molecule has 1 atom stereocenters. The largest absolute Gasteiger partial charge is 0.368 e. The van der Waals surface area contributed by atoms with Gasteiger partial charge in [0.1, 0.15) is 11.9 Å². The lowest BCUT2D eigenvalue weighted by atomic mass is 10.1. The molecular weight excluding hydrogens is 358 g/mol. The van der Waals surface area contributed by atoms with Gasteiger partial charge in [0.05, 0.1) is 53.8 Å². The highest BCUT2D eigenvalue weighted by Crippen LogP contribution is 2.29. The van der Waals surface area contributed by atoms with Gasteiger partial charge in [-0.15, -0.1) is 0 Å². The van der Waals surface area contributed by atoms with Crippen molar-refractivity contribution in [2.45, 2.75) is 26.4 Å². The fourth-order valence-electron chi connectivity index (χ4n) is 3.37. The van der Waals surface area contributed by atoms with Gasteiger partial charge in [-0.05, 0) is 25.1 Å². The van der Waals surface area contributed by atoms with Gasteiger partial charge in [-0.3, -0.25) is 4.79 Å². The molecule has 1 aliphatic heterocycles. The van der Waals surface area contributed by atoms with Crippen LogP contribution in [0.25, 0.3) is 11.3 Å². The minimum atomic E-state index is -0.294. The van der Waals surface area contributed by atoms with Crippen LogP contribution in [-0.2, 0) is 11.2 Å². The van der Waals surface area contributed by atoms with Gasteiger partial charge in [-0.1, -0.05) is 18.1 Å². The summed E-state index contributed by atoms with van der Waals surface area (Å²) in [5, 5.41) is 11.6. The molecule has 1 fully saturated rings.